The zero-order valence-corrected chi connectivity index (χ0v) is 13.7. The van der Waals surface area contributed by atoms with Crippen LogP contribution in [0.15, 0.2) is 87.4 Å². The van der Waals surface area contributed by atoms with Gasteiger partial charge in [0.25, 0.3) is 0 Å². The minimum Gasteiger partial charge on any atom is -0.250 e. The molecule has 0 amide bonds. The Morgan fingerprint density at radius 3 is 2.18 bits per heavy atom. The van der Waals surface area contributed by atoms with Crippen molar-refractivity contribution < 1.29 is 12.6 Å². The number of allylic oxidation sites excluding steroid dienone is 2. The Morgan fingerprint density at radius 1 is 0.909 bits per heavy atom. The van der Waals surface area contributed by atoms with Crippen molar-refractivity contribution in [1.29, 1.82) is 0 Å². The van der Waals surface area contributed by atoms with Crippen LogP contribution in [0.4, 0.5) is 0 Å². The number of hydrogen-bond acceptors (Lipinski definition) is 3. The zero-order valence-electron chi connectivity index (χ0n) is 12.0. The van der Waals surface area contributed by atoms with Gasteiger partial charge in [0.05, 0.1) is 15.7 Å². The first-order valence-electron chi connectivity index (χ1n) is 6.61. The molecule has 114 valence electrons. The van der Waals surface area contributed by atoms with Gasteiger partial charge >= 0.3 is 0 Å². The fourth-order valence-corrected chi connectivity index (χ4v) is 3.49. The summed E-state index contributed by atoms with van der Waals surface area (Å²) >= 11 is 0. The van der Waals surface area contributed by atoms with Crippen LogP contribution in [0.1, 0.15) is 5.56 Å². The maximum Gasteiger partial charge on any atom is 0.199 e. The van der Waals surface area contributed by atoms with E-state index in [0.29, 0.717) is 4.90 Å². The average molecular weight is 332 g/mol. The van der Waals surface area contributed by atoms with Crippen molar-refractivity contribution in [3.63, 3.8) is 0 Å². The van der Waals surface area contributed by atoms with E-state index in [1.807, 2.05) is 19.1 Å². The smallest absolute Gasteiger partial charge is 0.199 e. The highest BCUT2D eigenvalue weighted by atomic mass is 32.2. The minimum absolute atomic E-state index is 0.235. The van der Waals surface area contributed by atoms with Gasteiger partial charge in [-0.2, -0.15) is 0 Å². The molecule has 0 saturated carbocycles. The second kappa shape index (κ2) is 7.33. The number of benzene rings is 2. The van der Waals surface area contributed by atoms with Gasteiger partial charge in [-0.3, -0.25) is 0 Å². The highest BCUT2D eigenvalue weighted by molar-refractivity contribution is 7.94. The lowest BCUT2D eigenvalue weighted by Crippen LogP contribution is -1.94. The first-order valence-corrected chi connectivity index (χ1v) is 9.37. The lowest BCUT2D eigenvalue weighted by Gasteiger charge is -1.97. The number of sulfone groups is 1. The van der Waals surface area contributed by atoms with E-state index in [2.05, 4.69) is 0 Å². The molecule has 0 fully saturated rings. The normalized spacial score (nSPS) is 13.7. The Kier molecular flexibility index (Phi) is 5.46. The van der Waals surface area contributed by atoms with Gasteiger partial charge in [0, 0.05) is 15.7 Å². The fourth-order valence-electron chi connectivity index (χ4n) is 1.71. The van der Waals surface area contributed by atoms with Crippen molar-refractivity contribution in [2.24, 2.45) is 0 Å². The van der Waals surface area contributed by atoms with E-state index in [1.165, 1.54) is 29.7 Å². The first kappa shape index (κ1) is 16.4. The topological polar surface area (TPSA) is 51.2 Å². The molecule has 2 aromatic rings. The van der Waals surface area contributed by atoms with Crippen LogP contribution in [0.3, 0.4) is 0 Å². The van der Waals surface area contributed by atoms with E-state index in [1.54, 1.807) is 30.3 Å². The van der Waals surface area contributed by atoms with Crippen LogP contribution >= 0.6 is 0 Å². The molecule has 0 heterocycles. The van der Waals surface area contributed by atoms with E-state index < -0.39 is 20.6 Å². The second-order valence-corrected chi connectivity index (χ2v) is 7.80. The SMILES string of the molecule is Cc1ccc([S@](=O)/C=C/C=C/S(=O)(=O)c2ccccc2)cc1. The number of rotatable bonds is 5. The summed E-state index contributed by atoms with van der Waals surface area (Å²) in [6, 6.07) is 15.5. The molecule has 1 atom stereocenters. The quantitative estimate of drug-likeness (QED) is 0.786. The molecule has 0 aliphatic carbocycles. The van der Waals surface area contributed by atoms with E-state index in [0.717, 1.165) is 11.0 Å². The van der Waals surface area contributed by atoms with E-state index in [-0.39, 0.29) is 4.90 Å². The Hall–Kier alpha value is -1.98. The standard InChI is InChI=1S/C17H16O3S2/c1-15-9-11-16(12-10-15)21(18)13-5-6-14-22(19,20)17-7-3-2-4-8-17/h2-14H,1H3/b13-5+,14-6+/t21-/m1/s1. The number of hydrogen-bond donors (Lipinski definition) is 0. The summed E-state index contributed by atoms with van der Waals surface area (Å²) in [7, 11) is -4.75. The van der Waals surface area contributed by atoms with Crippen molar-refractivity contribution in [3.05, 3.63) is 83.1 Å². The molecular weight excluding hydrogens is 316 g/mol. The Morgan fingerprint density at radius 2 is 1.55 bits per heavy atom. The summed E-state index contributed by atoms with van der Waals surface area (Å²) < 4.78 is 36.0. The van der Waals surface area contributed by atoms with Crippen LogP contribution in [-0.4, -0.2) is 12.6 Å². The van der Waals surface area contributed by atoms with Gasteiger partial charge < -0.3 is 0 Å². The largest absolute Gasteiger partial charge is 0.250 e. The molecule has 0 bridgehead atoms. The average Bonchev–Trinajstić information content (AvgIpc) is 2.53. The highest BCUT2D eigenvalue weighted by Gasteiger charge is 2.07. The summed E-state index contributed by atoms with van der Waals surface area (Å²) in [6.07, 6.45) is 2.87. The van der Waals surface area contributed by atoms with Crippen LogP contribution in [0.5, 0.6) is 0 Å². The molecule has 0 aromatic heterocycles. The zero-order chi connectivity index (χ0) is 16.0. The molecule has 0 spiro atoms. The molecule has 0 unspecified atom stereocenters. The van der Waals surface area contributed by atoms with Crippen LogP contribution in [-0.2, 0) is 20.6 Å². The predicted octanol–water partition coefficient (Wildman–Crippen LogP) is 3.60. The van der Waals surface area contributed by atoms with Crippen LogP contribution < -0.4 is 0 Å². The molecule has 0 aliphatic heterocycles. The minimum atomic E-state index is -3.46. The van der Waals surface area contributed by atoms with Crippen LogP contribution in [0, 0.1) is 6.92 Å². The third kappa shape index (κ3) is 4.51. The fraction of sp³-hybridized carbons (Fsp3) is 0.0588. The van der Waals surface area contributed by atoms with E-state index in [4.69, 9.17) is 0 Å². The summed E-state index contributed by atoms with van der Waals surface area (Å²) in [5.41, 5.74) is 1.10. The lowest BCUT2D eigenvalue weighted by molar-refractivity contribution is 0.604. The molecule has 0 radical (unpaired) electrons. The van der Waals surface area contributed by atoms with Crippen LogP contribution in [0.25, 0.3) is 0 Å². The van der Waals surface area contributed by atoms with Crippen molar-refractivity contribution in [2.75, 3.05) is 0 Å². The number of aryl methyl sites for hydroxylation is 1. The Labute approximate surface area is 133 Å². The highest BCUT2D eigenvalue weighted by Crippen LogP contribution is 2.12. The molecule has 0 aliphatic rings. The molecular formula is C17H16O3S2. The molecule has 3 nitrogen and oxygen atoms in total. The molecule has 0 saturated heterocycles. The summed E-state index contributed by atoms with van der Waals surface area (Å²) in [6.45, 7) is 1.96. The Bertz CT molecular complexity index is 803. The molecule has 0 N–H and O–H groups in total. The van der Waals surface area contributed by atoms with Gasteiger partial charge in [0.1, 0.15) is 0 Å². The molecule has 22 heavy (non-hydrogen) atoms. The van der Waals surface area contributed by atoms with Crippen molar-refractivity contribution in [2.45, 2.75) is 16.7 Å². The monoisotopic (exact) mass is 332 g/mol. The maximum atomic E-state index is 12.0. The van der Waals surface area contributed by atoms with Gasteiger partial charge in [-0.05, 0) is 37.3 Å². The van der Waals surface area contributed by atoms with Gasteiger partial charge in [-0.25, -0.2) is 12.6 Å². The second-order valence-electron chi connectivity index (χ2n) is 4.63. The summed E-state index contributed by atoms with van der Waals surface area (Å²) in [5, 5.41) is 2.56. The maximum absolute atomic E-state index is 12.0. The van der Waals surface area contributed by atoms with Gasteiger partial charge in [0.15, 0.2) is 9.84 Å². The van der Waals surface area contributed by atoms with Gasteiger partial charge in [-0.15, -0.1) is 0 Å². The lowest BCUT2D eigenvalue weighted by atomic mass is 10.2. The van der Waals surface area contributed by atoms with Crippen molar-refractivity contribution in [1.82, 2.24) is 0 Å². The summed E-state index contributed by atoms with van der Waals surface area (Å²) in [4.78, 5) is 0.917. The van der Waals surface area contributed by atoms with E-state index in [9.17, 15) is 12.6 Å². The van der Waals surface area contributed by atoms with Crippen LogP contribution in [0.2, 0.25) is 0 Å². The summed E-state index contributed by atoms with van der Waals surface area (Å²) in [5.74, 6) is 0. The van der Waals surface area contributed by atoms with Crippen molar-refractivity contribution in [3.8, 4) is 0 Å². The Balaban J connectivity index is 2.06. The third-order valence-electron chi connectivity index (χ3n) is 2.90. The van der Waals surface area contributed by atoms with Gasteiger partial charge in [0.2, 0.25) is 0 Å². The predicted molar refractivity (Wildman–Crippen MR) is 89.5 cm³/mol. The van der Waals surface area contributed by atoms with E-state index >= 15 is 0 Å². The molecule has 5 heteroatoms. The molecule has 2 rings (SSSR count). The molecule has 2 aromatic carbocycles. The van der Waals surface area contributed by atoms with Crippen molar-refractivity contribution >= 4 is 20.6 Å². The third-order valence-corrected chi connectivity index (χ3v) is 5.48. The van der Waals surface area contributed by atoms with Gasteiger partial charge in [-0.1, -0.05) is 42.0 Å². The first-order chi connectivity index (χ1) is 10.5.